The topological polar surface area (TPSA) is 173 Å². The molecule has 214 valence electrons. The highest BCUT2D eigenvalue weighted by Crippen LogP contribution is 2.48. The van der Waals surface area contributed by atoms with Gasteiger partial charge >= 0.3 is 12.1 Å². The molecular weight excluding hydrogens is 532 g/mol. The number of thiophene rings is 1. The van der Waals surface area contributed by atoms with Crippen LogP contribution in [-0.2, 0) is 26.2 Å². The molecule has 0 radical (unpaired) electrons. The molecule has 2 aliphatic rings. The van der Waals surface area contributed by atoms with Gasteiger partial charge in [-0.25, -0.2) is 19.6 Å². The number of amidine groups is 1. The fraction of sp³-hybridized carbons (Fsp3) is 0.556. The maximum Gasteiger partial charge on any atom is 0.410 e. The normalized spacial score (nSPS) is 19.8. The molecular formula is C27H36N8O4S. The second-order valence-electron chi connectivity index (χ2n) is 10.9. The van der Waals surface area contributed by atoms with Crippen molar-refractivity contribution < 1.29 is 19.2 Å². The van der Waals surface area contributed by atoms with E-state index in [2.05, 4.69) is 21.2 Å². The van der Waals surface area contributed by atoms with Crippen LogP contribution < -0.4 is 16.4 Å². The number of nitrogen functional groups attached to an aromatic ring is 1. The van der Waals surface area contributed by atoms with E-state index < -0.39 is 17.0 Å². The number of amides is 1. The van der Waals surface area contributed by atoms with Crippen molar-refractivity contribution in [1.82, 2.24) is 14.9 Å². The van der Waals surface area contributed by atoms with Crippen LogP contribution in [0.4, 0.5) is 15.7 Å². The van der Waals surface area contributed by atoms with E-state index in [1.807, 2.05) is 32.6 Å². The zero-order valence-corrected chi connectivity index (χ0v) is 24.2. The van der Waals surface area contributed by atoms with Crippen LogP contribution in [0.1, 0.15) is 75.1 Å². The Morgan fingerprint density at radius 2 is 2.02 bits per heavy atom. The van der Waals surface area contributed by atoms with E-state index in [1.54, 1.807) is 17.2 Å². The molecule has 1 fully saturated rings. The first-order valence-corrected chi connectivity index (χ1v) is 14.2. The molecule has 1 atom stereocenters. The van der Waals surface area contributed by atoms with Crippen molar-refractivity contribution in [2.45, 2.75) is 70.8 Å². The molecule has 2 aromatic heterocycles. The monoisotopic (exact) mass is 568 g/mol. The number of hydrogen-bond donors (Lipinski definition) is 2. The fourth-order valence-corrected chi connectivity index (χ4v) is 6.32. The van der Waals surface area contributed by atoms with Crippen LogP contribution in [0.3, 0.4) is 0 Å². The van der Waals surface area contributed by atoms with Gasteiger partial charge in [-0.1, -0.05) is 12.1 Å². The molecule has 13 heteroatoms. The standard InChI is InChI=1S/C27H36N8O4S/c1-5-27(10-6-8-19-20(27)17(16-28)22(30)40-19)23(36)39-33-21(29)18-9-11-31-24(32-18)34-12-7-13-35(15-14-34)25(37)38-26(2,3)4/h9,11H,5-8,10,12-15,30H2,1-4H3,(H2,29,33)/t27-/m0/s1. The van der Waals surface area contributed by atoms with Crippen molar-refractivity contribution in [3.05, 3.63) is 34.0 Å². The number of fused-ring (bicyclic) bond motifs is 1. The van der Waals surface area contributed by atoms with Gasteiger partial charge in [-0.15, -0.1) is 11.3 Å². The maximum absolute atomic E-state index is 13.4. The highest BCUT2D eigenvalue weighted by atomic mass is 32.1. The van der Waals surface area contributed by atoms with Crippen molar-refractivity contribution in [3.63, 3.8) is 0 Å². The number of aromatic nitrogens is 2. The average Bonchev–Trinajstić information content (AvgIpc) is 3.08. The van der Waals surface area contributed by atoms with Gasteiger partial charge in [0.25, 0.3) is 0 Å². The fourth-order valence-electron chi connectivity index (χ4n) is 5.16. The third kappa shape index (κ3) is 5.96. The lowest BCUT2D eigenvalue weighted by atomic mass is 9.69. The first-order chi connectivity index (χ1) is 19.0. The SMILES string of the molecule is CC[C@]1(C(=O)O/N=C(\N)c2ccnc(N3CCCN(C(=O)OC(C)(C)C)CC3)n2)CCCc2sc(N)c(C#N)c21. The first kappa shape index (κ1) is 29.1. The summed E-state index contributed by atoms with van der Waals surface area (Å²) in [6.45, 7) is 9.59. The third-order valence-electron chi connectivity index (χ3n) is 7.16. The molecule has 3 heterocycles. The molecule has 0 saturated carbocycles. The van der Waals surface area contributed by atoms with Gasteiger partial charge in [0.1, 0.15) is 22.4 Å². The van der Waals surface area contributed by atoms with Crippen molar-refractivity contribution in [1.29, 1.82) is 5.26 Å². The second kappa shape index (κ2) is 11.7. The van der Waals surface area contributed by atoms with Crippen LogP contribution in [0.5, 0.6) is 0 Å². The molecule has 0 unspecified atom stereocenters. The quantitative estimate of drug-likeness (QED) is 0.236. The maximum atomic E-state index is 13.4. The molecule has 12 nitrogen and oxygen atoms in total. The van der Waals surface area contributed by atoms with Crippen LogP contribution in [0.2, 0.25) is 0 Å². The predicted octanol–water partition coefficient (Wildman–Crippen LogP) is 3.29. The summed E-state index contributed by atoms with van der Waals surface area (Å²) in [5.74, 6) is -0.213. The van der Waals surface area contributed by atoms with Crippen LogP contribution in [0, 0.1) is 11.3 Å². The number of hydrogen-bond acceptors (Lipinski definition) is 11. The van der Waals surface area contributed by atoms with Gasteiger partial charge in [0.2, 0.25) is 5.95 Å². The van der Waals surface area contributed by atoms with Gasteiger partial charge < -0.3 is 30.8 Å². The van der Waals surface area contributed by atoms with Crippen molar-refractivity contribution in [3.8, 4) is 6.07 Å². The number of carbonyl (C=O) groups excluding carboxylic acids is 2. The van der Waals surface area contributed by atoms with Gasteiger partial charge in [0.15, 0.2) is 5.84 Å². The van der Waals surface area contributed by atoms with Crippen molar-refractivity contribution in [2.75, 3.05) is 36.8 Å². The van der Waals surface area contributed by atoms with Gasteiger partial charge in [-0.2, -0.15) is 5.26 Å². The number of oxime groups is 1. The Morgan fingerprint density at radius 1 is 1.25 bits per heavy atom. The lowest BCUT2D eigenvalue weighted by Crippen LogP contribution is -2.40. The van der Waals surface area contributed by atoms with E-state index >= 15 is 0 Å². The number of nitrogens with zero attached hydrogens (tertiary/aromatic N) is 6. The van der Waals surface area contributed by atoms with E-state index in [0.717, 1.165) is 17.7 Å². The summed E-state index contributed by atoms with van der Waals surface area (Å²) in [6, 6.07) is 3.75. The van der Waals surface area contributed by atoms with Gasteiger partial charge in [-0.3, -0.25) is 0 Å². The van der Waals surface area contributed by atoms with Gasteiger partial charge in [0.05, 0.1) is 11.0 Å². The third-order valence-corrected chi connectivity index (χ3v) is 8.24. The molecule has 40 heavy (non-hydrogen) atoms. The van der Waals surface area contributed by atoms with Crippen LogP contribution in [0.15, 0.2) is 17.4 Å². The van der Waals surface area contributed by atoms with Crippen molar-refractivity contribution in [2.24, 2.45) is 10.9 Å². The first-order valence-electron chi connectivity index (χ1n) is 13.4. The number of ether oxygens (including phenoxy) is 1. The summed E-state index contributed by atoms with van der Waals surface area (Å²) in [6.07, 6.45) is 4.44. The molecule has 4 N–H and O–H groups in total. The minimum Gasteiger partial charge on any atom is -0.444 e. The number of nitriles is 1. The molecule has 0 bridgehead atoms. The Morgan fingerprint density at radius 3 is 2.73 bits per heavy atom. The summed E-state index contributed by atoms with van der Waals surface area (Å²) in [7, 11) is 0. The molecule has 0 spiro atoms. The van der Waals surface area contributed by atoms with E-state index in [4.69, 9.17) is 21.0 Å². The second-order valence-corrected chi connectivity index (χ2v) is 12.1. The molecule has 0 aromatic carbocycles. The van der Waals surface area contributed by atoms with Crippen LogP contribution in [-0.4, -0.2) is 64.5 Å². The van der Waals surface area contributed by atoms with Crippen LogP contribution in [0.25, 0.3) is 0 Å². The molecule has 1 aliphatic carbocycles. The Bertz CT molecular complexity index is 1340. The smallest absolute Gasteiger partial charge is 0.410 e. The zero-order valence-electron chi connectivity index (χ0n) is 23.4. The highest BCUT2D eigenvalue weighted by Gasteiger charge is 2.47. The molecule has 2 aromatic rings. The van der Waals surface area contributed by atoms with E-state index in [0.29, 0.717) is 73.2 Å². The zero-order chi connectivity index (χ0) is 29.1. The minimum atomic E-state index is -1.01. The summed E-state index contributed by atoms with van der Waals surface area (Å²) in [5.41, 5.74) is 12.0. The minimum absolute atomic E-state index is 0.0742. The summed E-state index contributed by atoms with van der Waals surface area (Å²) in [5, 5.41) is 14.1. The summed E-state index contributed by atoms with van der Waals surface area (Å²) >= 11 is 1.35. The molecule has 4 rings (SSSR count). The Hall–Kier alpha value is -3.92. The Labute approximate surface area is 237 Å². The Balaban J connectivity index is 1.48. The molecule has 1 aliphatic heterocycles. The summed E-state index contributed by atoms with van der Waals surface area (Å²) < 4.78 is 5.50. The van der Waals surface area contributed by atoms with Crippen LogP contribution >= 0.6 is 11.3 Å². The highest BCUT2D eigenvalue weighted by molar-refractivity contribution is 7.16. The van der Waals surface area contributed by atoms with Gasteiger partial charge in [-0.05, 0) is 58.9 Å². The predicted molar refractivity (Wildman–Crippen MR) is 152 cm³/mol. The van der Waals surface area contributed by atoms with Crippen molar-refractivity contribution >= 4 is 40.2 Å². The van der Waals surface area contributed by atoms with E-state index in [9.17, 15) is 14.9 Å². The Kier molecular flexibility index (Phi) is 8.48. The molecule has 1 saturated heterocycles. The number of rotatable bonds is 5. The van der Waals surface area contributed by atoms with Gasteiger partial charge in [0, 0.05) is 42.8 Å². The number of aryl methyl sites for hydroxylation is 1. The number of carbonyl (C=O) groups is 2. The lowest BCUT2D eigenvalue weighted by molar-refractivity contribution is -0.151. The molecule has 1 amide bonds. The lowest BCUT2D eigenvalue weighted by Gasteiger charge is -2.33. The largest absolute Gasteiger partial charge is 0.444 e. The summed E-state index contributed by atoms with van der Waals surface area (Å²) in [4.78, 5) is 44.8. The average molecular weight is 569 g/mol. The number of nitrogens with two attached hydrogens (primary N) is 2. The van der Waals surface area contributed by atoms with E-state index in [-0.39, 0.29) is 11.9 Å². The number of anilines is 2. The van der Waals surface area contributed by atoms with E-state index in [1.165, 1.54) is 11.3 Å².